The zero-order valence-corrected chi connectivity index (χ0v) is 17.9. The number of nitrogens with zero attached hydrogens (tertiary/aromatic N) is 1. The van der Waals surface area contributed by atoms with Gasteiger partial charge in [0.2, 0.25) is 0 Å². The molecule has 3 atom stereocenters. The van der Waals surface area contributed by atoms with Crippen LogP contribution < -0.4 is 10.2 Å². The van der Waals surface area contributed by atoms with Crippen LogP contribution in [0.1, 0.15) is 35.8 Å². The number of nitrogens with one attached hydrogen (secondary N) is 1. The van der Waals surface area contributed by atoms with E-state index in [1.165, 1.54) is 10.8 Å². The Labute approximate surface area is 182 Å². The number of para-hydroxylation sites is 1. The molecular weight excluding hydrogens is 421 g/mol. The van der Waals surface area contributed by atoms with E-state index in [1.807, 2.05) is 25.1 Å². The van der Waals surface area contributed by atoms with Crippen LogP contribution in [0.3, 0.4) is 0 Å². The number of aromatic amines is 1. The third-order valence-corrected chi connectivity index (χ3v) is 6.41. The summed E-state index contributed by atoms with van der Waals surface area (Å²) in [5.74, 6) is 3.15. The lowest BCUT2D eigenvalue weighted by molar-refractivity contribution is -0.0469. The standard InChI is InChI=1S/C19H17B2N2O5PS/c1-3-12-9-23(18(24)22-17(12)30)15-8-7-14(26-15)19(20,21)28-29-25-10-13-6-4-5-11(2)16(13)27-29/h1,4-6,9,14-15H,7-8,10H2,2H3,(H,22,24,30). The monoisotopic (exact) mass is 438 g/mol. The molecule has 1 saturated heterocycles. The summed E-state index contributed by atoms with van der Waals surface area (Å²) in [6, 6.07) is 5.79. The lowest BCUT2D eigenvalue weighted by Crippen LogP contribution is -2.45. The molecule has 2 aromatic rings. The van der Waals surface area contributed by atoms with Gasteiger partial charge in [-0.2, -0.15) is 0 Å². The van der Waals surface area contributed by atoms with Crippen LogP contribution in [0.25, 0.3) is 0 Å². The highest BCUT2D eigenvalue weighted by Gasteiger charge is 2.41. The molecule has 30 heavy (non-hydrogen) atoms. The first-order valence-electron chi connectivity index (χ1n) is 9.22. The van der Waals surface area contributed by atoms with Crippen molar-refractivity contribution in [2.75, 3.05) is 0 Å². The topological polar surface area (TPSA) is 74.7 Å². The average Bonchev–Trinajstić information content (AvgIpc) is 3.19. The first-order chi connectivity index (χ1) is 14.3. The molecule has 0 saturated carbocycles. The predicted octanol–water partition coefficient (Wildman–Crippen LogP) is 2.72. The molecule has 0 bridgehead atoms. The van der Waals surface area contributed by atoms with E-state index in [2.05, 4.69) is 10.9 Å². The van der Waals surface area contributed by atoms with Crippen LogP contribution in [-0.2, 0) is 20.4 Å². The molecule has 1 aromatic heterocycles. The quantitative estimate of drug-likeness (QED) is 0.343. The molecule has 0 aliphatic carbocycles. The minimum atomic E-state index is -1.81. The number of hydrogen-bond donors (Lipinski definition) is 1. The van der Waals surface area contributed by atoms with E-state index in [-0.39, 0.29) is 4.64 Å². The second-order valence-corrected chi connectivity index (χ2v) is 8.59. The van der Waals surface area contributed by atoms with Gasteiger partial charge in [-0.15, -0.1) is 6.42 Å². The zero-order valence-electron chi connectivity index (χ0n) is 16.2. The molecular formula is C19H17B2N2O5PS. The van der Waals surface area contributed by atoms with Gasteiger partial charge >= 0.3 is 14.3 Å². The van der Waals surface area contributed by atoms with E-state index in [1.54, 1.807) is 0 Å². The Kier molecular flexibility index (Phi) is 5.93. The molecule has 1 N–H and O–H groups in total. The largest absolute Gasteiger partial charge is 0.426 e. The minimum Gasteiger partial charge on any atom is -0.426 e. The maximum Gasteiger partial charge on any atom is 0.396 e. The Bertz CT molecular complexity index is 1130. The Morgan fingerprint density at radius 1 is 1.43 bits per heavy atom. The van der Waals surface area contributed by atoms with Crippen LogP contribution in [0.2, 0.25) is 0 Å². The normalized spacial score (nSPS) is 23.4. The Hall–Kier alpha value is -1.88. The molecule has 11 heteroatoms. The van der Waals surface area contributed by atoms with Gasteiger partial charge in [0.05, 0.1) is 18.3 Å². The lowest BCUT2D eigenvalue weighted by Gasteiger charge is -2.36. The van der Waals surface area contributed by atoms with E-state index >= 15 is 0 Å². The number of fused-ring (bicyclic) bond motifs is 1. The number of rotatable bonds is 4. The van der Waals surface area contributed by atoms with Gasteiger partial charge in [0, 0.05) is 17.2 Å². The molecule has 150 valence electrons. The van der Waals surface area contributed by atoms with Crippen molar-refractivity contribution in [1.82, 2.24) is 9.55 Å². The van der Waals surface area contributed by atoms with E-state index in [9.17, 15) is 4.79 Å². The van der Waals surface area contributed by atoms with Crippen LogP contribution in [0, 0.1) is 23.9 Å². The van der Waals surface area contributed by atoms with Gasteiger partial charge in [0.1, 0.15) is 32.3 Å². The molecule has 3 unspecified atom stereocenters. The van der Waals surface area contributed by atoms with Gasteiger partial charge in [-0.3, -0.25) is 14.1 Å². The fraction of sp³-hybridized carbons (Fsp3) is 0.368. The first kappa shape index (κ1) is 21.4. The molecule has 0 spiro atoms. The smallest absolute Gasteiger partial charge is 0.396 e. The minimum absolute atomic E-state index is 0.202. The van der Waals surface area contributed by atoms with Crippen molar-refractivity contribution >= 4 is 36.5 Å². The summed E-state index contributed by atoms with van der Waals surface area (Å²) in [7, 11) is 10.6. The van der Waals surface area contributed by atoms with Crippen molar-refractivity contribution in [2.45, 2.75) is 44.1 Å². The van der Waals surface area contributed by atoms with Crippen molar-refractivity contribution in [3.8, 4) is 18.1 Å². The van der Waals surface area contributed by atoms with Crippen LogP contribution in [0.5, 0.6) is 5.75 Å². The fourth-order valence-electron chi connectivity index (χ4n) is 3.37. The summed E-state index contributed by atoms with van der Waals surface area (Å²) in [4.78, 5) is 14.8. The third kappa shape index (κ3) is 4.14. The number of aryl methyl sites for hydroxylation is 1. The highest BCUT2D eigenvalue weighted by Crippen LogP contribution is 2.51. The van der Waals surface area contributed by atoms with Crippen molar-refractivity contribution in [2.24, 2.45) is 0 Å². The van der Waals surface area contributed by atoms with E-state index in [0.29, 0.717) is 30.8 Å². The van der Waals surface area contributed by atoms with Crippen molar-refractivity contribution in [3.63, 3.8) is 0 Å². The molecule has 1 fully saturated rings. The van der Waals surface area contributed by atoms with Crippen LogP contribution in [0.4, 0.5) is 0 Å². The summed E-state index contributed by atoms with van der Waals surface area (Å²) in [5, 5.41) is -1.68. The molecule has 4 rings (SSSR count). The van der Waals surface area contributed by atoms with Gasteiger partial charge < -0.3 is 13.8 Å². The Balaban J connectivity index is 1.46. The molecule has 4 radical (unpaired) electrons. The highest BCUT2D eigenvalue weighted by molar-refractivity contribution is 7.71. The van der Waals surface area contributed by atoms with Crippen LogP contribution in [0.15, 0.2) is 29.2 Å². The molecule has 7 nitrogen and oxygen atoms in total. The predicted molar refractivity (Wildman–Crippen MR) is 116 cm³/mol. The van der Waals surface area contributed by atoms with Crippen molar-refractivity contribution in [1.29, 1.82) is 0 Å². The van der Waals surface area contributed by atoms with Crippen LogP contribution >= 0.6 is 20.8 Å². The molecule has 0 amide bonds. The third-order valence-electron chi connectivity index (χ3n) is 4.95. The molecule has 2 aliphatic heterocycles. The maximum atomic E-state index is 12.3. The van der Waals surface area contributed by atoms with Gasteiger partial charge in [-0.05, 0) is 25.3 Å². The van der Waals surface area contributed by atoms with Crippen molar-refractivity contribution in [3.05, 3.63) is 56.2 Å². The van der Waals surface area contributed by atoms with Crippen LogP contribution in [-0.4, -0.2) is 36.7 Å². The summed E-state index contributed by atoms with van der Waals surface area (Å²) in [6.45, 7) is 2.27. The second kappa shape index (κ2) is 8.33. The van der Waals surface area contributed by atoms with E-state index in [0.717, 1.165) is 11.1 Å². The SMILES string of the molecule is [B]C([B])(OP1OCc2cccc(C)c2O1)C1CCC(n2cc(C#C)c(=S)[nH]c2=O)O1. The summed E-state index contributed by atoms with van der Waals surface area (Å²) in [5.41, 5.74) is 1.86. The van der Waals surface area contributed by atoms with E-state index in [4.69, 9.17) is 52.6 Å². The highest BCUT2D eigenvalue weighted by atomic mass is 32.1. The average molecular weight is 438 g/mol. The molecule has 2 aliphatic rings. The van der Waals surface area contributed by atoms with Gasteiger partial charge in [-0.25, -0.2) is 4.79 Å². The van der Waals surface area contributed by atoms with Crippen molar-refractivity contribution < 1.29 is 18.3 Å². The Morgan fingerprint density at radius 3 is 3.00 bits per heavy atom. The number of terminal acetylenes is 1. The first-order valence-corrected chi connectivity index (χ1v) is 10.7. The summed E-state index contributed by atoms with van der Waals surface area (Å²) in [6.07, 6.45) is 6.57. The number of H-pyrrole nitrogens is 1. The summed E-state index contributed by atoms with van der Waals surface area (Å²) >= 11 is 5.05. The fourth-order valence-corrected chi connectivity index (χ4v) is 4.74. The maximum absolute atomic E-state index is 12.3. The zero-order chi connectivity index (χ0) is 21.5. The number of ether oxygens (including phenoxy) is 1. The number of benzene rings is 1. The van der Waals surface area contributed by atoms with Gasteiger partial charge in [0.15, 0.2) is 0 Å². The van der Waals surface area contributed by atoms with Gasteiger partial charge in [-0.1, -0.05) is 36.3 Å². The second-order valence-electron chi connectivity index (χ2n) is 7.11. The Morgan fingerprint density at radius 2 is 2.23 bits per heavy atom. The molecule has 3 heterocycles. The van der Waals surface area contributed by atoms with Gasteiger partial charge in [0.25, 0.3) is 0 Å². The lowest BCUT2D eigenvalue weighted by atomic mass is 9.61. The van der Waals surface area contributed by atoms with E-state index < -0.39 is 32.0 Å². The number of hydrogen-bond acceptors (Lipinski definition) is 6. The number of aromatic nitrogens is 2. The summed E-state index contributed by atoms with van der Waals surface area (Å²) < 4.78 is 24.7. The molecule has 1 aromatic carbocycles.